The highest BCUT2D eigenvalue weighted by molar-refractivity contribution is 6.33. The molecule has 0 aromatic heterocycles. The van der Waals surface area contributed by atoms with Gasteiger partial charge in [-0.15, -0.1) is 0 Å². The summed E-state index contributed by atoms with van der Waals surface area (Å²) in [6.07, 6.45) is 0. The summed E-state index contributed by atoms with van der Waals surface area (Å²) in [4.78, 5) is 26.8. The molecule has 1 saturated heterocycles. The maximum absolute atomic E-state index is 13.0. The van der Waals surface area contributed by atoms with Crippen molar-refractivity contribution in [3.05, 3.63) is 58.1 Å². The Balaban J connectivity index is 1.59. The molecule has 0 saturated carbocycles. The average Bonchev–Trinajstić information content (AvgIpc) is 3.17. The predicted octanol–water partition coefficient (Wildman–Crippen LogP) is 3.50. The van der Waals surface area contributed by atoms with Crippen molar-refractivity contribution in [2.24, 2.45) is 10.3 Å². The van der Waals surface area contributed by atoms with Crippen LogP contribution in [0.3, 0.4) is 0 Å². The van der Waals surface area contributed by atoms with Crippen molar-refractivity contribution in [1.82, 2.24) is 5.01 Å². The first kappa shape index (κ1) is 17.8. The van der Waals surface area contributed by atoms with E-state index in [9.17, 15) is 9.59 Å². The second-order valence-corrected chi connectivity index (χ2v) is 6.99. The van der Waals surface area contributed by atoms with Gasteiger partial charge in [-0.3, -0.25) is 14.6 Å². The molecule has 0 N–H and O–H groups in total. The lowest BCUT2D eigenvalue weighted by atomic mass is 10.1. The molecule has 4 rings (SSSR count). The maximum Gasteiger partial charge on any atom is 0.263 e. The first-order chi connectivity index (χ1) is 13.0. The van der Waals surface area contributed by atoms with Crippen molar-refractivity contribution in [2.75, 3.05) is 12.0 Å². The van der Waals surface area contributed by atoms with Crippen LogP contribution in [0.25, 0.3) is 0 Å². The Hall–Kier alpha value is -2.64. The van der Waals surface area contributed by atoms with Crippen molar-refractivity contribution < 1.29 is 14.3 Å². The molecule has 9 heteroatoms. The number of carbonyl (C=O) groups is 2. The Morgan fingerprint density at radius 2 is 1.81 bits per heavy atom. The van der Waals surface area contributed by atoms with Crippen LogP contribution in [-0.4, -0.2) is 36.0 Å². The summed E-state index contributed by atoms with van der Waals surface area (Å²) < 4.78 is 5.11. The number of hydrogen-bond acceptors (Lipinski definition) is 6. The van der Waals surface area contributed by atoms with Crippen LogP contribution in [0.5, 0.6) is 5.75 Å². The predicted molar refractivity (Wildman–Crippen MR) is 99.9 cm³/mol. The lowest BCUT2D eigenvalue weighted by Crippen LogP contribution is -2.39. The zero-order chi connectivity index (χ0) is 19.1. The minimum Gasteiger partial charge on any atom is -0.495 e. The normalized spacial score (nSPS) is 21.1. The van der Waals surface area contributed by atoms with Crippen LogP contribution in [0.15, 0.2) is 52.8 Å². The van der Waals surface area contributed by atoms with Gasteiger partial charge in [-0.1, -0.05) is 40.6 Å². The van der Waals surface area contributed by atoms with Crippen LogP contribution in [0.1, 0.15) is 5.56 Å². The van der Waals surface area contributed by atoms with E-state index in [1.54, 1.807) is 24.3 Å². The topological polar surface area (TPSA) is 74.6 Å². The van der Waals surface area contributed by atoms with Gasteiger partial charge in [-0.25, -0.2) is 4.90 Å². The molecule has 27 heavy (non-hydrogen) atoms. The number of rotatable bonds is 4. The highest BCUT2D eigenvalue weighted by Gasteiger charge is 2.54. The van der Waals surface area contributed by atoms with Gasteiger partial charge >= 0.3 is 0 Å². The molecule has 2 aliphatic heterocycles. The first-order valence-corrected chi connectivity index (χ1v) is 8.88. The molecule has 2 aromatic carbocycles. The molecular weight excluding hydrogens is 391 g/mol. The van der Waals surface area contributed by atoms with E-state index in [4.69, 9.17) is 27.9 Å². The van der Waals surface area contributed by atoms with E-state index in [2.05, 4.69) is 10.3 Å². The monoisotopic (exact) mass is 404 g/mol. The minimum atomic E-state index is -0.856. The molecule has 0 unspecified atom stereocenters. The second kappa shape index (κ2) is 6.83. The number of ether oxygens (including phenoxy) is 1. The summed E-state index contributed by atoms with van der Waals surface area (Å²) in [6.45, 7) is 0.345. The van der Waals surface area contributed by atoms with Gasteiger partial charge in [-0.2, -0.15) is 5.11 Å². The number of nitrogens with zero attached hydrogens (tertiary/aromatic N) is 4. The van der Waals surface area contributed by atoms with E-state index < -0.39 is 18.0 Å². The summed E-state index contributed by atoms with van der Waals surface area (Å²) in [5, 5.41) is 10.5. The lowest BCUT2D eigenvalue weighted by molar-refractivity contribution is -0.123. The molecule has 1 fully saturated rings. The summed E-state index contributed by atoms with van der Waals surface area (Å²) in [6, 6.07) is 10.3. The van der Waals surface area contributed by atoms with Crippen LogP contribution in [0.2, 0.25) is 10.0 Å². The number of halogens is 2. The Labute approximate surface area is 165 Å². The number of methoxy groups -OCH3 is 1. The fraction of sp³-hybridized carbons (Fsp3) is 0.222. The van der Waals surface area contributed by atoms with Crippen molar-refractivity contribution in [1.29, 1.82) is 0 Å². The van der Waals surface area contributed by atoms with Crippen molar-refractivity contribution in [3.63, 3.8) is 0 Å². The molecule has 138 valence electrons. The molecule has 2 aromatic rings. The second-order valence-electron chi connectivity index (χ2n) is 6.15. The van der Waals surface area contributed by atoms with Crippen LogP contribution in [-0.2, 0) is 16.1 Å². The zero-order valence-electron chi connectivity index (χ0n) is 14.2. The van der Waals surface area contributed by atoms with Crippen molar-refractivity contribution in [2.45, 2.75) is 18.6 Å². The third kappa shape index (κ3) is 3.02. The van der Waals surface area contributed by atoms with E-state index in [1.807, 2.05) is 12.1 Å². The molecule has 0 aliphatic carbocycles. The number of anilines is 1. The standard InChI is InChI=1S/C18H14Cl2N4O3/c1-27-14-7-6-12(8-13(14)20)24-17(25)15-16(18(24)26)23(22-21-15)9-10-2-4-11(19)5-3-10/h2-8,15-16H,9H2,1H3/t15-,16+/m0/s1. The Kier molecular flexibility index (Phi) is 4.49. The SMILES string of the molecule is COc1ccc(N2C(=O)[C@H]3N=NN(Cc4ccc(Cl)cc4)[C@H]3C2=O)cc1Cl. The van der Waals surface area contributed by atoms with E-state index in [0.29, 0.717) is 28.0 Å². The maximum atomic E-state index is 13.0. The van der Waals surface area contributed by atoms with Crippen molar-refractivity contribution >= 4 is 40.7 Å². The number of imide groups is 1. The molecular formula is C18H14Cl2N4O3. The van der Waals surface area contributed by atoms with Gasteiger partial charge in [-0.05, 0) is 35.9 Å². The molecule has 7 nitrogen and oxygen atoms in total. The van der Waals surface area contributed by atoms with Crippen molar-refractivity contribution in [3.8, 4) is 5.75 Å². The minimum absolute atomic E-state index is 0.312. The Bertz CT molecular complexity index is 948. The molecule has 2 amide bonds. The molecule has 0 spiro atoms. The quantitative estimate of drug-likeness (QED) is 0.730. The van der Waals surface area contributed by atoms with E-state index in [-0.39, 0.29) is 5.91 Å². The highest BCUT2D eigenvalue weighted by Crippen LogP contribution is 2.35. The summed E-state index contributed by atoms with van der Waals surface area (Å²) in [5.74, 6) is -0.345. The van der Waals surface area contributed by atoms with Gasteiger partial charge < -0.3 is 4.74 Å². The number of fused-ring (bicyclic) bond motifs is 1. The summed E-state index contributed by atoms with van der Waals surface area (Å²) in [7, 11) is 1.49. The average molecular weight is 405 g/mol. The van der Waals surface area contributed by atoms with Crippen LogP contribution >= 0.6 is 23.2 Å². The van der Waals surface area contributed by atoms with E-state index >= 15 is 0 Å². The fourth-order valence-electron chi connectivity index (χ4n) is 3.18. The van der Waals surface area contributed by atoms with E-state index in [0.717, 1.165) is 10.5 Å². The molecule has 0 radical (unpaired) electrons. The molecule has 0 bridgehead atoms. The summed E-state index contributed by atoms with van der Waals surface area (Å²) in [5.41, 5.74) is 1.29. The van der Waals surface area contributed by atoms with Gasteiger partial charge in [0.15, 0.2) is 12.1 Å². The third-order valence-electron chi connectivity index (χ3n) is 4.51. The zero-order valence-corrected chi connectivity index (χ0v) is 15.7. The number of benzene rings is 2. The van der Waals surface area contributed by atoms with Gasteiger partial charge in [0.2, 0.25) is 0 Å². The molecule has 2 atom stereocenters. The number of carbonyl (C=O) groups excluding carboxylic acids is 2. The molecule has 2 aliphatic rings. The largest absolute Gasteiger partial charge is 0.495 e. The van der Waals surface area contributed by atoms with Gasteiger partial charge in [0, 0.05) is 5.02 Å². The number of amides is 2. The van der Waals surface area contributed by atoms with Crippen LogP contribution in [0.4, 0.5) is 5.69 Å². The molecule has 2 heterocycles. The summed E-state index contributed by atoms with van der Waals surface area (Å²) >= 11 is 12.0. The van der Waals surface area contributed by atoms with Crippen LogP contribution < -0.4 is 9.64 Å². The van der Waals surface area contributed by atoms with Gasteiger partial charge in [0.25, 0.3) is 11.8 Å². The van der Waals surface area contributed by atoms with Gasteiger partial charge in [0.05, 0.1) is 24.4 Å². The first-order valence-electron chi connectivity index (χ1n) is 8.13. The number of hydrogen-bond donors (Lipinski definition) is 0. The van der Waals surface area contributed by atoms with Gasteiger partial charge in [0.1, 0.15) is 5.75 Å². The highest BCUT2D eigenvalue weighted by atomic mass is 35.5. The van der Waals surface area contributed by atoms with E-state index in [1.165, 1.54) is 18.2 Å². The Morgan fingerprint density at radius 3 is 2.48 bits per heavy atom. The smallest absolute Gasteiger partial charge is 0.263 e. The third-order valence-corrected chi connectivity index (χ3v) is 5.06. The Morgan fingerprint density at radius 1 is 1.07 bits per heavy atom. The lowest BCUT2D eigenvalue weighted by Gasteiger charge is -2.21. The van der Waals surface area contributed by atoms with Crippen LogP contribution in [0, 0.1) is 0 Å². The fourth-order valence-corrected chi connectivity index (χ4v) is 3.56.